The molecule has 0 spiro atoms. The average Bonchev–Trinajstić information content (AvgIpc) is 0.798. The lowest BCUT2D eigenvalue weighted by Gasteiger charge is -2.26. The fourth-order valence-corrected chi connectivity index (χ4v) is 92.1. The van der Waals surface area contributed by atoms with Crippen LogP contribution in [0.2, 0.25) is 0 Å². The van der Waals surface area contributed by atoms with E-state index < -0.39 is 65.4 Å². The van der Waals surface area contributed by atoms with Crippen molar-refractivity contribution < 1.29 is 53.1 Å². The van der Waals surface area contributed by atoms with Gasteiger partial charge in [0.2, 0.25) is 0 Å². The molecule has 92 heavy (non-hydrogen) atoms. The average molecular weight is 1670 g/mol. The Bertz CT molecular complexity index is 1670. The minimum absolute atomic E-state index is 0.448. The van der Waals surface area contributed by atoms with Crippen LogP contribution in [0.1, 0.15) is 253 Å². The van der Waals surface area contributed by atoms with Crippen molar-refractivity contribution in [3.8, 4) is 0 Å². The Hall–Kier alpha value is 5.21. The van der Waals surface area contributed by atoms with Gasteiger partial charge in [0.1, 0.15) is 48.1 Å². The zero-order chi connectivity index (χ0) is 68.3. The highest BCUT2D eigenvalue weighted by molar-refractivity contribution is 9.34. The summed E-state index contributed by atoms with van der Waals surface area (Å²) in [6.45, 7) is 41.5. The first-order chi connectivity index (χ1) is 44.9. The van der Waals surface area contributed by atoms with Crippen molar-refractivity contribution in [2.45, 2.75) is 253 Å². The maximum Gasteiger partial charge on any atom is 0.808 e. The molecule has 0 N–H and O–H groups in total. The molecule has 0 saturated heterocycles. The molecule has 0 aliphatic heterocycles. The fraction of sp³-hybridized carbons (Fsp3) is 0.900. The third-order valence-corrected chi connectivity index (χ3v) is 87.4. The van der Waals surface area contributed by atoms with Gasteiger partial charge in [0.05, 0.1) is 4.91 Å². The molecule has 0 bridgehead atoms. The van der Waals surface area contributed by atoms with E-state index >= 15 is 0 Å². The van der Waals surface area contributed by atoms with Crippen LogP contribution in [0.15, 0.2) is 32.3 Å². The largest absolute Gasteiger partial charge is 0.808 e. The van der Waals surface area contributed by atoms with Gasteiger partial charge in [-0.2, -0.15) is 0 Å². The number of rotatable bonds is 71. The zero-order valence-corrected chi connectivity index (χ0v) is 76.9. The van der Waals surface area contributed by atoms with Gasteiger partial charge >= 0.3 is 31.8 Å². The molecule has 0 saturated carbocycles. The van der Waals surface area contributed by atoms with Crippen LogP contribution in [0.3, 0.4) is 0 Å². The molecule has 0 rings (SSSR count). The van der Waals surface area contributed by atoms with E-state index in [1.807, 2.05) is 126 Å². The van der Waals surface area contributed by atoms with E-state index in [9.17, 15) is 0 Å². The highest BCUT2D eigenvalue weighted by atomic mass is 33.8. The van der Waals surface area contributed by atoms with Crippen molar-refractivity contribution in [3.05, 3.63) is 32.3 Å². The SMILES string of the molecule is CCCCCCCCCCCCCCCCCCC=CC=C(S[S+](SSCCC)[Si](OCC)(OCC)OCC)C(S[S+](SSCCC)[Si](OCC)(OCC)OCC)=C(S[S+](SSCCC)[Si](OCC)(OCC)OCC)S[S+](SSCCC)[Si](OCC)(OCC)OCC. The third-order valence-electron chi connectivity index (χ3n) is 11.9. The lowest BCUT2D eigenvalue weighted by atomic mass is 10.0. The molecule has 12 nitrogen and oxygen atoms in total. The van der Waals surface area contributed by atoms with E-state index in [-0.39, 0.29) is 0 Å². The van der Waals surface area contributed by atoms with Gasteiger partial charge in [-0.3, -0.25) is 0 Å². The molecular formula is C60H128O12S16Si4+4. The minimum atomic E-state index is -3.52. The molecule has 0 aliphatic carbocycles. The van der Waals surface area contributed by atoms with Gasteiger partial charge in [-0.15, -0.1) is 0 Å². The summed E-state index contributed by atoms with van der Waals surface area (Å²) >= 11 is 0. The molecule has 0 fully saturated rings. The normalized spacial score (nSPS) is 14.2. The van der Waals surface area contributed by atoms with Gasteiger partial charge < -0.3 is 53.1 Å². The zero-order valence-electron chi connectivity index (χ0n) is 59.8. The predicted molar refractivity (Wildman–Crippen MR) is 452 cm³/mol. The molecule has 0 aromatic carbocycles. The minimum Gasteiger partial charge on any atom is -0.331 e. The molecule has 0 aliphatic rings. The Labute approximate surface area is 624 Å². The first kappa shape index (κ1) is 97.2. The number of hydrogen-bond acceptors (Lipinski definition) is 24. The van der Waals surface area contributed by atoms with Gasteiger partial charge in [-0.25, -0.2) is 0 Å². The van der Waals surface area contributed by atoms with E-state index in [1.54, 1.807) is 0 Å². The van der Waals surface area contributed by atoms with E-state index in [0.29, 0.717) is 79.3 Å². The van der Waals surface area contributed by atoms with E-state index in [0.717, 1.165) is 75.6 Å². The monoisotopic (exact) mass is 1660 g/mol. The summed E-state index contributed by atoms with van der Waals surface area (Å²) in [5, 5.41) is 0. The van der Waals surface area contributed by atoms with Crippen molar-refractivity contribution in [3.63, 3.8) is 0 Å². The quantitative estimate of drug-likeness (QED) is 0.0189. The molecule has 0 aromatic rings. The second kappa shape index (κ2) is 66.9. The lowest BCUT2D eigenvalue weighted by molar-refractivity contribution is 0.0958. The predicted octanol–water partition coefficient (Wildman–Crippen LogP) is 24.3. The van der Waals surface area contributed by atoms with Gasteiger partial charge in [-0.1, -0.05) is 143 Å². The summed E-state index contributed by atoms with van der Waals surface area (Å²) in [5.74, 6) is 3.84. The molecule has 0 radical (unpaired) electrons. The fourth-order valence-electron chi connectivity index (χ4n) is 8.03. The van der Waals surface area contributed by atoms with Gasteiger partial charge in [0, 0.05) is 102 Å². The summed E-state index contributed by atoms with van der Waals surface area (Å²) in [4.78, 5) is 2.17. The van der Waals surface area contributed by atoms with Gasteiger partial charge in [0.15, 0.2) is 77.2 Å². The highest BCUT2D eigenvalue weighted by Gasteiger charge is 2.73. The van der Waals surface area contributed by atoms with Gasteiger partial charge in [-0.05, 0) is 171 Å². The second-order valence-corrected chi connectivity index (χ2v) is 74.6. The van der Waals surface area contributed by atoms with Crippen molar-refractivity contribution in [2.75, 3.05) is 102 Å². The highest BCUT2D eigenvalue weighted by Crippen LogP contribution is 2.63. The number of unbranched alkanes of at least 4 members (excludes halogenated alkanes) is 16. The summed E-state index contributed by atoms with van der Waals surface area (Å²) in [5.41, 5.74) is 0. The summed E-state index contributed by atoms with van der Waals surface area (Å²) in [6, 6.07) is 0. The molecular weight excluding hydrogens is 1540 g/mol. The van der Waals surface area contributed by atoms with Crippen LogP contribution in [-0.4, -0.2) is 134 Å². The molecule has 0 aromatic heterocycles. The Morgan fingerprint density at radius 1 is 0.283 bits per heavy atom. The van der Waals surface area contributed by atoms with Crippen LogP contribution in [-0.2, 0) is 86.7 Å². The standard InChI is InChI=1S/C60H128O12S16Si4/c1-18-35-36-37-38-39-40-41-42-43-44-45-46-47-48-49-50-51-52-53-58(77-85(81-73-54-19-2)89(61-23-6,62-24-7)63-25-8)59(78-86(82-74-55-20-3)90(64-26-9,65-27-10)66-28-11)60(79-87(83-75-56-21-4)91(67-29-12,68-30-13)69-31-14)80-88(84-76-57-22-5)92(70-32-15,71-33-16)72-34-17/h51-53H,18-50,54-57H2,1-17H3/q+4. The Kier molecular flexibility index (Phi) is 70.6. The van der Waals surface area contributed by atoms with Crippen molar-refractivity contribution in [1.82, 2.24) is 0 Å². The molecule has 0 amide bonds. The van der Waals surface area contributed by atoms with Crippen LogP contribution in [0.5, 0.6) is 0 Å². The van der Waals surface area contributed by atoms with Crippen LogP contribution >= 0.6 is 126 Å². The van der Waals surface area contributed by atoms with Gasteiger partial charge in [0.25, 0.3) is 0 Å². The molecule has 32 heteroatoms. The topological polar surface area (TPSA) is 111 Å². The van der Waals surface area contributed by atoms with E-state index in [2.05, 4.69) is 136 Å². The van der Waals surface area contributed by atoms with Crippen LogP contribution < -0.4 is 0 Å². The third kappa shape index (κ3) is 41.8. The Morgan fingerprint density at radius 2 is 0.522 bits per heavy atom. The second-order valence-electron chi connectivity index (χ2n) is 19.7. The molecule has 4 unspecified atom stereocenters. The molecule has 548 valence electrons. The summed E-state index contributed by atoms with van der Waals surface area (Å²) in [7, 11) is 5.45. The van der Waals surface area contributed by atoms with Crippen molar-refractivity contribution in [1.29, 1.82) is 0 Å². The summed E-state index contributed by atoms with van der Waals surface area (Å²) in [6.07, 6.45) is 33.8. The van der Waals surface area contributed by atoms with Crippen molar-refractivity contribution >= 4 is 191 Å². The number of allylic oxidation sites excluding steroid dienone is 3. The summed E-state index contributed by atoms with van der Waals surface area (Å²) < 4.78 is 85.4. The Morgan fingerprint density at radius 3 is 0.772 bits per heavy atom. The lowest BCUT2D eigenvalue weighted by Crippen LogP contribution is -2.52. The smallest absolute Gasteiger partial charge is 0.331 e. The van der Waals surface area contributed by atoms with E-state index in [4.69, 9.17) is 53.1 Å². The number of hydrogen-bond donors (Lipinski definition) is 0. The van der Waals surface area contributed by atoms with Crippen LogP contribution in [0.25, 0.3) is 0 Å². The van der Waals surface area contributed by atoms with Crippen molar-refractivity contribution in [2.24, 2.45) is 0 Å². The Balaban J connectivity index is 9.48. The maximum atomic E-state index is 7.06. The maximum absolute atomic E-state index is 7.06. The van der Waals surface area contributed by atoms with Crippen LogP contribution in [0.4, 0.5) is 0 Å². The molecule has 0 heterocycles. The first-order valence-corrected chi connectivity index (χ1v) is 66.0. The van der Waals surface area contributed by atoms with Crippen LogP contribution in [0, 0.1) is 0 Å². The first-order valence-electron chi connectivity index (χ1n) is 34.6. The molecule has 4 atom stereocenters. The van der Waals surface area contributed by atoms with E-state index in [1.165, 1.54) is 96.3 Å².